The van der Waals surface area contributed by atoms with Gasteiger partial charge in [0.1, 0.15) is 5.84 Å². The summed E-state index contributed by atoms with van der Waals surface area (Å²) in [5.74, 6) is 0.318. The normalized spacial score (nSPS) is 12.9. The molecule has 29 heavy (non-hydrogen) atoms. The predicted octanol–water partition coefficient (Wildman–Crippen LogP) is 2.21. The van der Waals surface area contributed by atoms with Gasteiger partial charge in [-0.3, -0.25) is 5.41 Å². The summed E-state index contributed by atoms with van der Waals surface area (Å²) in [5, 5.41) is 17.8. The molecule has 0 heterocycles. The van der Waals surface area contributed by atoms with Crippen LogP contribution in [0.1, 0.15) is 30.9 Å². The average Bonchev–Trinajstić information content (AvgIpc) is 2.67. The Morgan fingerprint density at radius 1 is 1.03 bits per heavy atom. The molecule has 2 aromatic rings. The Morgan fingerprint density at radius 3 is 2.07 bits per heavy atom. The van der Waals surface area contributed by atoms with E-state index in [2.05, 4.69) is 13.8 Å². The predicted molar refractivity (Wildman–Crippen MR) is 117 cm³/mol. The first kappa shape index (κ1) is 22.9. The third kappa shape index (κ3) is 5.79. The van der Waals surface area contributed by atoms with Crippen LogP contribution in [0.5, 0.6) is 0 Å². The molecule has 7 nitrogen and oxygen atoms in total. The highest BCUT2D eigenvalue weighted by Gasteiger charge is 2.23. The van der Waals surface area contributed by atoms with E-state index in [1.165, 1.54) is 11.4 Å². The SMILES string of the molecule is CC(C)c1ccc(S(=O)(=O)N(C)CC(O)CN(C)c2ccc(C(=N)N)cc2)cc1. The molecule has 0 aliphatic rings. The minimum absolute atomic E-state index is 0.00695. The Kier molecular flexibility index (Phi) is 7.40. The summed E-state index contributed by atoms with van der Waals surface area (Å²) in [6.45, 7) is 4.34. The highest BCUT2D eigenvalue weighted by molar-refractivity contribution is 7.89. The molecule has 0 radical (unpaired) electrons. The van der Waals surface area contributed by atoms with Crippen molar-refractivity contribution in [3.05, 3.63) is 59.7 Å². The number of nitrogen functional groups attached to an aromatic ring is 1. The Hall–Kier alpha value is -2.42. The molecule has 0 bridgehead atoms. The molecule has 8 heteroatoms. The van der Waals surface area contributed by atoms with Gasteiger partial charge in [-0.1, -0.05) is 26.0 Å². The van der Waals surface area contributed by atoms with Crippen molar-refractivity contribution in [1.82, 2.24) is 4.31 Å². The van der Waals surface area contributed by atoms with Crippen LogP contribution in [0, 0.1) is 5.41 Å². The number of hydrogen-bond donors (Lipinski definition) is 3. The van der Waals surface area contributed by atoms with Crippen molar-refractivity contribution >= 4 is 21.5 Å². The molecule has 0 saturated carbocycles. The third-order valence-electron chi connectivity index (χ3n) is 4.83. The first-order chi connectivity index (χ1) is 13.5. The number of likely N-dealkylation sites (N-methyl/N-ethyl adjacent to an activating group) is 2. The highest BCUT2D eigenvalue weighted by Crippen LogP contribution is 2.20. The van der Waals surface area contributed by atoms with Gasteiger partial charge in [0.15, 0.2) is 0 Å². The number of benzene rings is 2. The lowest BCUT2D eigenvalue weighted by molar-refractivity contribution is 0.159. The summed E-state index contributed by atoms with van der Waals surface area (Å²) >= 11 is 0. The van der Waals surface area contributed by atoms with E-state index in [1.54, 1.807) is 36.4 Å². The number of rotatable bonds is 9. The lowest BCUT2D eigenvalue weighted by Crippen LogP contribution is -2.40. The Morgan fingerprint density at radius 2 is 1.59 bits per heavy atom. The summed E-state index contributed by atoms with van der Waals surface area (Å²) in [7, 11) is -0.395. The standard InChI is InChI=1S/C21H30N4O3S/c1-15(2)16-7-11-20(12-8-16)29(27,28)25(4)14-19(26)13-24(3)18-9-5-17(6-10-18)21(22)23/h5-12,15,19,26H,13-14H2,1-4H3,(H3,22,23). The molecule has 0 aliphatic heterocycles. The molecule has 0 aromatic heterocycles. The number of anilines is 1. The average molecular weight is 419 g/mol. The summed E-state index contributed by atoms with van der Waals surface area (Å²) in [6, 6.07) is 13.9. The van der Waals surface area contributed by atoms with Crippen LogP contribution in [0.25, 0.3) is 0 Å². The van der Waals surface area contributed by atoms with Crippen LogP contribution in [0.2, 0.25) is 0 Å². The number of sulfonamides is 1. The first-order valence-electron chi connectivity index (χ1n) is 9.42. The van der Waals surface area contributed by atoms with Crippen LogP contribution in [0.4, 0.5) is 5.69 Å². The molecule has 1 atom stereocenters. The lowest BCUT2D eigenvalue weighted by atomic mass is 10.0. The zero-order valence-electron chi connectivity index (χ0n) is 17.3. The minimum Gasteiger partial charge on any atom is -0.390 e. The van der Waals surface area contributed by atoms with E-state index >= 15 is 0 Å². The fourth-order valence-corrected chi connectivity index (χ4v) is 4.18. The van der Waals surface area contributed by atoms with Crippen molar-refractivity contribution in [2.45, 2.75) is 30.8 Å². The van der Waals surface area contributed by atoms with Gasteiger partial charge in [-0.25, -0.2) is 8.42 Å². The van der Waals surface area contributed by atoms with Crippen molar-refractivity contribution in [2.24, 2.45) is 5.73 Å². The van der Waals surface area contributed by atoms with E-state index in [0.29, 0.717) is 11.5 Å². The highest BCUT2D eigenvalue weighted by atomic mass is 32.2. The zero-order chi connectivity index (χ0) is 21.8. The second kappa shape index (κ2) is 9.39. The Balaban J connectivity index is 2.01. The summed E-state index contributed by atoms with van der Waals surface area (Å²) < 4.78 is 26.7. The maximum Gasteiger partial charge on any atom is 0.242 e. The number of aliphatic hydroxyl groups is 1. The van der Waals surface area contributed by atoms with E-state index in [9.17, 15) is 13.5 Å². The second-order valence-corrected chi connectivity index (χ2v) is 9.55. The second-order valence-electron chi connectivity index (χ2n) is 7.50. The van der Waals surface area contributed by atoms with Crippen molar-refractivity contribution in [3.63, 3.8) is 0 Å². The maximum atomic E-state index is 12.8. The van der Waals surface area contributed by atoms with Gasteiger partial charge in [-0.15, -0.1) is 0 Å². The molecule has 0 fully saturated rings. The number of aliphatic hydroxyl groups excluding tert-OH is 1. The summed E-state index contributed by atoms with van der Waals surface area (Å²) in [6.07, 6.45) is -0.873. The number of hydrogen-bond acceptors (Lipinski definition) is 5. The molecule has 0 spiro atoms. The van der Waals surface area contributed by atoms with Gasteiger partial charge in [0, 0.05) is 38.4 Å². The number of nitrogens with one attached hydrogen (secondary N) is 1. The lowest BCUT2D eigenvalue weighted by Gasteiger charge is -2.26. The summed E-state index contributed by atoms with van der Waals surface area (Å²) in [5.41, 5.74) is 7.99. The van der Waals surface area contributed by atoms with E-state index in [-0.39, 0.29) is 23.8 Å². The molecule has 0 saturated heterocycles. The van der Waals surface area contributed by atoms with Gasteiger partial charge in [0.05, 0.1) is 11.0 Å². The van der Waals surface area contributed by atoms with Gasteiger partial charge in [-0.2, -0.15) is 4.31 Å². The minimum atomic E-state index is -3.67. The molecule has 4 N–H and O–H groups in total. The molecule has 0 amide bonds. The van der Waals surface area contributed by atoms with Crippen LogP contribution in [0.3, 0.4) is 0 Å². The smallest absolute Gasteiger partial charge is 0.242 e. The van der Waals surface area contributed by atoms with Gasteiger partial charge >= 0.3 is 0 Å². The third-order valence-corrected chi connectivity index (χ3v) is 6.66. The summed E-state index contributed by atoms with van der Waals surface area (Å²) in [4.78, 5) is 2.04. The fourth-order valence-electron chi connectivity index (χ4n) is 2.97. The topological polar surface area (TPSA) is 111 Å². The zero-order valence-corrected chi connectivity index (χ0v) is 18.1. The Labute approximate surface area is 173 Å². The largest absolute Gasteiger partial charge is 0.390 e. The van der Waals surface area contributed by atoms with Gasteiger partial charge < -0.3 is 15.7 Å². The van der Waals surface area contributed by atoms with Crippen LogP contribution in [-0.2, 0) is 10.0 Å². The molecular weight excluding hydrogens is 388 g/mol. The fraction of sp³-hybridized carbons (Fsp3) is 0.381. The number of amidine groups is 1. The molecular formula is C21H30N4O3S. The van der Waals surface area contributed by atoms with Gasteiger partial charge in [0.2, 0.25) is 10.0 Å². The van der Waals surface area contributed by atoms with E-state index < -0.39 is 16.1 Å². The number of nitrogens with zero attached hydrogens (tertiary/aromatic N) is 2. The molecule has 2 rings (SSSR count). The first-order valence-corrected chi connectivity index (χ1v) is 10.9. The van der Waals surface area contributed by atoms with Crippen molar-refractivity contribution in [1.29, 1.82) is 5.41 Å². The number of nitrogens with two attached hydrogens (primary N) is 1. The molecule has 0 aliphatic carbocycles. The monoisotopic (exact) mass is 418 g/mol. The van der Waals surface area contributed by atoms with Crippen molar-refractivity contribution in [2.75, 3.05) is 32.1 Å². The van der Waals surface area contributed by atoms with E-state index in [0.717, 1.165) is 11.3 Å². The van der Waals surface area contributed by atoms with E-state index in [4.69, 9.17) is 11.1 Å². The van der Waals surface area contributed by atoms with Crippen LogP contribution in [0.15, 0.2) is 53.4 Å². The molecule has 158 valence electrons. The van der Waals surface area contributed by atoms with E-state index in [1.807, 2.05) is 24.1 Å². The van der Waals surface area contributed by atoms with Crippen LogP contribution in [-0.4, -0.2) is 57.0 Å². The molecule has 1 unspecified atom stereocenters. The van der Waals surface area contributed by atoms with Crippen LogP contribution < -0.4 is 10.6 Å². The Bertz CT molecular complexity index is 925. The van der Waals surface area contributed by atoms with Crippen molar-refractivity contribution < 1.29 is 13.5 Å². The van der Waals surface area contributed by atoms with Gasteiger partial charge in [0.25, 0.3) is 0 Å². The van der Waals surface area contributed by atoms with Gasteiger partial charge in [-0.05, 0) is 47.9 Å². The maximum absolute atomic E-state index is 12.8. The van der Waals surface area contributed by atoms with Crippen LogP contribution >= 0.6 is 0 Å². The molecule has 2 aromatic carbocycles. The van der Waals surface area contributed by atoms with Crippen molar-refractivity contribution in [3.8, 4) is 0 Å². The quantitative estimate of drug-likeness (QED) is 0.427.